The largest absolute Gasteiger partial charge is 0.463 e. The Morgan fingerprint density at radius 1 is 0.329 bits per heavy atom. The zero-order valence-corrected chi connectivity index (χ0v) is 47.1. The quantitative estimate of drug-likeness (QED) is 0.0644. The van der Waals surface area contributed by atoms with Gasteiger partial charge in [0.1, 0.15) is 74.3 Å². The molecule has 0 saturated carbocycles. The van der Waals surface area contributed by atoms with E-state index >= 15 is 0 Å². The maximum absolute atomic E-state index is 13.4. The Morgan fingerprint density at radius 2 is 0.622 bits per heavy atom. The molecular formula is C48H62Cl2O32. The van der Waals surface area contributed by atoms with Crippen LogP contribution in [0.1, 0.15) is 69.2 Å². The number of ether oxygens (including phenoxy) is 20. The van der Waals surface area contributed by atoms with Crippen molar-refractivity contribution >= 4 is 94.8 Å². The van der Waals surface area contributed by atoms with Crippen molar-refractivity contribution in [1.82, 2.24) is 0 Å². The molecule has 5 aliphatic heterocycles. The minimum absolute atomic E-state index is 0.355. The number of fused-ring (bicyclic) bond motifs is 2. The Kier molecular flexibility index (Phi) is 24.8. The van der Waals surface area contributed by atoms with Crippen molar-refractivity contribution in [3.63, 3.8) is 0 Å². The summed E-state index contributed by atoms with van der Waals surface area (Å²) in [6.45, 7) is 6.81. The van der Waals surface area contributed by atoms with E-state index in [1.165, 1.54) is 0 Å². The average molecular weight is 1220 g/mol. The van der Waals surface area contributed by atoms with Crippen LogP contribution in [0.4, 0.5) is 0 Å². The van der Waals surface area contributed by atoms with Crippen molar-refractivity contribution in [1.29, 1.82) is 0 Å². The summed E-state index contributed by atoms with van der Waals surface area (Å²) >= 11 is 11.8. The first-order valence-corrected chi connectivity index (χ1v) is 26.0. The lowest BCUT2D eigenvalue weighted by Crippen LogP contribution is -2.70. The number of hydrogen-bond acceptors (Lipinski definition) is 32. The van der Waals surface area contributed by atoms with Gasteiger partial charge >= 0.3 is 71.6 Å². The van der Waals surface area contributed by atoms with Crippen molar-refractivity contribution in [3.8, 4) is 0 Å². The number of esters is 12. The summed E-state index contributed by atoms with van der Waals surface area (Å²) in [7, 11) is 0. The number of halogens is 2. The SMILES string of the molecule is CC(=O)OC[C@H]1O[C@H](O[C@@H]2[C@H](O[C@H]3O[C@H](COC(C)=O)[C@@H](OC(C)=O)[C@H](OC(C)=O)[C@@H]3OC(=O)CCl)[C@H](O[C@H]3[C@H](OC(C)=O)[C@@H](OC(C)=O)[C@@H]4OC[C@H]3O4)O[C@H](COC(C)=O)[C@H]2OC(C)=O)[C@@H](OC(=O)CCl)[C@@H](OC(C)=O)[C@@H]1OC(C)=O. The first-order chi connectivity index (χ1) is 38.6. The monoisotopic (exact) mass is 1220 g/mol. The molecule has 5 rings (SSSR count). The van der Waals surface area contributed by atoms with Gasteiger partial charge in [-0.05, 0) is 0 Å². The Morgan fingerprint density at radius 3 is 0.963 bits per heavy atom. The fraction of sp³-hybridized carbons (Fsp3) is 0.750. The smallest absolute Gasteiger partial charge is 0.321 e. The number of carbonyl (C=O) groups excluding carboxylic acids is 12. The molecule has 5 heterocycles. The number of rotatable bonds is 23. The maximum atomic E-state index is 13.4. The zero-order chi connectivity index (χ0) is 60.9. The van der Waals surface area contributed by atoms with Crippen LogP contribution in [-0.2, 0) is 152 Å². The van der Waals surface area contributed by atoms with E-state index in [1.54, 1.807) is 0 Å². The Labute approximate surface area is 476 Å². The Bertz CT molecular complexity index is 2350. The van der Waals surface area contributed by atoms with Gasteiger partial charge in [-0.25, -0.2) is 0 Å². The van der Waals surface area contributed by atoms with Crippen molar-refractivity contribution in [2.24, 2.45) is 0 Å². The van der Waals surface area contributed by atoms with Crippen LogP contribution in [-0.4, -0.2) is 233 Å². The van der Waals surface area contributed by atoms with Crippen molar-refractivity contribution in [3.05, 3.63) is 0 Å². The van der Waals surface area contributed by atoms with E-state index in [9.17, 15) is 57.5 Å². The van der Waals surface area contributed by atoms with Gasteiger partial charge in [-0.1, -0.05) is 0 Å². The van der Waals surface area contributed by atoms with E-state index in [1.807, 2.05) is 0 Å². The van der Waals surface area contributed by atoms with Gasteiger partial charge in [0.15, 0.2) is 80.1 Å². The highest BCUT2D eigenvalue weighted by atomic mass is 35.5. The molecular weight excluding hydrogens is 1160 g/mol. The molecule has 82 heavy (non-hydrogen) atoms. The molecule has 0 aromatic rings. The molecule has 5 aliphatic rings. The fourth-order valence-corrected chi connectivity index (χ4v) is 9.27. The van der Waals surface area contributed by atoms with E-state index in [0.717, 1.165) is 69.2 Å². The lowest BCUT2D eigenvalue weighted by molar-refractivity contribution is -0.401. The predicted molar refractivity (Wildman–Crippen MR) is 255 cm³/mol. The van der Waals surface area contributed by atoms with E-state index in [0.29, 0.717) is 0 Å². The second-order valence-corrected chi connectivity index (χ2v) is 18.9. The summed E-state index contributed by atoms with van der Waals surface area (Å²) < 4.78 is 117. The first kappa shape index (κ1) is 66.7. The van der Waals surface area contributed by atoms with Crippen LogP contribution in [0.2, 0.25) is 0 Å². The predicted octanol–water partition coefficient (Wildman–Crippen LogP) is -1.42. The molecule has 0 aliphatic carbocycles. The van der Waals surface area contributed by atoms with Crippen LogP contribution in [0.5, 0.6) is 0 Å². The Hall–Kier alpha value is -6.10. The third kappa shape index (κ3) is 18.4. The molecule has 2 bridgehead atoms. The van der Waals surface area contributed by atoms with Crippen LogP contribution < -0.4 is 0 Å². The summed E-state index contributed by atoms with van der Waals surface area (Å²) in [5.74, 6) is -14.3. The van der Waals surface area contributed by atoms with Gasteiger partial charge in [0.05, 0.1) is 6.61 Å². The van der Waals surface area contributed by atoms with E-state index in [-0.39, 0.29) is 6.61 Å². The molecule has 0 radical (unpaired) electrons. The highest BCUT2D eigenvalue weighted by molar-refractivity contribution is 6.26. The standard InChI is InChI=1S/C48H62Cl2O32/c1-17(51)63-13-27-33(67-20(4)54)37(70-23(7)57)42(78-31(61)11-49)46(75-27)81-40-35(69-22(6)56)29(15-65-19(3)53)77-48(80-36-30-16-66-45(74-30)41(73-26(10)60)39(36)72-25(9)59)44(40)82-47-43(79-32(62)12-50)38(71-24(8)58)34(68-21(5)55)28(76-47)14-64-18(2)52/h27-30,33-48H,11-16H2,1-10H3/t27-,28-,29-,30-,33-,34-,35-,36-,37+,38+,39+,40+,41-,42+,43+,44+,45-,46-,47-,48+/m1/s1. The van der Waals surface area contributed by atoms with E-state index < -0.39 is 226 Å². The topological polar surface area (TPSA) is 389 Å². The molecule has 0 N–H and O–H groups in total. The van der Waals surface area contributed by atoms with E-state index in [2.05, 4.69) is 0 Å². The van der Waals surface area contributed by atoms with Crippen molar-refractivity contribution in [2.75, 3.05) is 38.2 Å². The summed E-state index contributed by atoms with van der Waals surface area (Å²) in [4.78, 5) is 154. The summed E-state index contributed by atoms with van der Waals surface area (Å²) in [6.07, 6.45) is -37.9. The second-order valence-electron chi connectivity index (χ2n) is 18.4. The lowest BCUT2D eigenvalue weighted by Gasteiger charge is -2.51. The molecule has 32 nitrogen and oxygen atoms in total. The molecule has 0 amide bonds. The average Bonchev–Trinajstić information content (AvgIpc) is 2.65. The second kappa shape index (κ2) is 30.5. The molecule has 0 aromatic heterocycles. The number of hydrogen-bond donors (Lipinski definition) is 0. The van der Waals surface area contributed by atoms with Crippen molar-refractivity contribution < 1.29 is 152 Å². The van der Waals surface area contributed by atoms with Gasteiger partial charge in [-0.3, -0.25) is 57.5 Å². The number of carbonyl (C=O) groups is 12. The summed E-state index contributed by atoms with van der Waals surface area (Å²) in [5.41, 5.74) is 0. The normalized spacial score (nSPS) is 33.8. The molecule has 20 atom stereocenters. The van der Waals surface area contributed by atoms with Crippen LogP contribution in [0, 0.1) is 0 Å². The Balaban J connectivity index is 1.86. The van der Waals surface area contributed by atoms with Gasteiger partial charge < -0.3 is 94.7 Å². The summed E-state index contributed by atoms with van der Waals surface area (Å²) in [6, 6.07) is 0. The third-order valence-electron chi connectivity index (χ3n) is 11.9. The minimum Gasteiger partial charge on any atom is -0.463 e. The first-order valence-electron chi connectivity index (χ1n) is 24.9. The van der Waals surface area contributed by atoms with E-state index in [4.69, 9.17) is 118 Å². The molecule has 5 saturated heterocycles. The van der Waals surface area contributed by atoms with Gasteiger partial charge in [0.2, 0.25) is 0 Å². The van der Waals surface area contributed by atoms with Gasteiger partial charge in [-0.15, -0.1) is 23.2 Å². The number of alkyl halides is 2. The molecule has 5 fully saturated rings. The van der Waals surface area contributed by atoms with Crippen molar-refractivity contribution in [2.45, 2.75) is 192 Å². The highest BCUT2D eigenvalue weighted by Gasteiger charge is 2.63. The molecule has 0 unspecified atom stereocenters. The van der Waals surface area contributed by atoms with Gasteiger partial charge in [0.25, 0.3) is 0 Å². The van der Waals surface area contributed by atoms with Crippen LogP contribution in [0.15, 0.2) is 0 Å². The van der Waals surface area contributed by atoms with Crippen LogP contribution in [0.3, 0.4) is 0 Å². The van der Waals surface area contributed by atoms with Crippen LogP contribution in [0.25, 0.3) is 0 Å². The van der Waals surface area contributed by atoms with Gasteiger partial charge in [-0.2, -0.15) is 0 Å². The zero-order valence-electron chi connectivity index (χ0n) is 45.6. The lowest BCUT2D eigenvalue weighted by atomic mass is 9.94. The molecule has 0 aromatic carbocycles. The molecule has 460 valence electrons. The maximum Gasteiger partial charge on any atom is 0.321 e. The molecule has 0 spiro atoms. The van der Waals surface area contributed by atoms with Gasteiger partial charge in [0, 0.05) is 69.2 Å². The summed E-state index contributed by atoms with van der Waals surface area (Å²) in [5, 5.41) is 0. The van der Waals surface area contributed by atoms with Crippen LogP contribution >= 0.6 is 23.2 Å². The fourth-order valence-electron chi connectivity index (χ4n) is 9.14. The third-order valence-corrected chi connectivity index (χ3v) is 12.3. The molecule has 34 heteroatoms. The highest BCUT2D eigenvalue weighted by Crippen LogP contribution is 2.41. The minimum atomic E-state index is -2.27.